The lowest BCUT2D eigenvalue weighted by Gasteiger charge is -2.23. The molecule has 0 bridgehead atoms. The summed E-state index contributed by atoms with van der Waals surface area (Å²) in [5.41, 5.74) is 1.21. The van der Waals surface area contributed by atoms with E-state index in [1.807, 2.05) is 13.8 Å². The number of esters is 1. The van der Waals surface area contributed by atoms with Gasteiger partial charge in [-0.15, -0.1) is 0 Å². The largest absolute Gasteiger partial charge is 0.465 e. The van der Waals surface area contributed by atoms with Gasteiger partial charge in [-0.2, -0.15) is 0 Å². The minimum Gasteiger partial charge on any atom is -0.465 e. The van der Waals surface area contributed by atoms with Crippen LogP contribution in [0.4, 0.5) is 0 Å². The van der Waals surface area contributed by atoms with E-state index in [4.69, 9.17) is 0 Å². The molecule has 0 aliphatic heterocycles. The summed E-state index contributed by atoms with van der Waals surface area (Å²) in [7, 11) is 1.32. The van der Waals surface area contributed by atoms with Crippen LogP contribution in [-0.2, 0) is 14.3 Å². The number of rotatable bonds is 7. The van der Waals surface area contributed by atoms with Crippen molar-refractivity contribution in [2.24, 2.45) is 0 Å². The average Bonchev–Trinajstić information content (AvgIpc) is 2.60. The molecule has 0 fully saturated rings. The van der Waals surface area contributed by atoms with Gasteiger partial charge in [0.15, 0.2) is 0 Å². The molecule has 0 saturated heterocycles. The number of carbonyl (C=O) groups is 3. The standard InChI is InChI=1S/C18H24N2O4/c1-5-20(6-2)17(22)13(3)19-16(21)12-9-14-7-10-15(11-8-14)18(23)24-4/h7-13H,5-6H2,1-4H3,(H,19,21)/b12-9+. The van der Waals surface area contributed by atoms with E-state index < -0.39 is 12.0 Å². The average molecular weight is 332 g/mol. The summed E-state index contributed by atoms with van der Waals surface area (Å²) >= 11 is 0. The maximum Gasteiger partial charge on any atom is 0.337 e. The van der Waals surface area contributed by atoms with Gasteiger partial charge in [-0.1, -0.05) is 12.1 Å². The molecule has 1 aromatic rings. The fourth-order valence-corrected chi connectivity index (χ4v) is 2.15. The third-order valence-corrected chi connectivity index (χ3v) is 3.56. The molecule has 1 atom stereocenters. The number of nitrogens with zero attached hydrogens (tertiary/aromatic N) is 1. The van der Waals surface area contributed by atoms with Crippen LogP contribution in [0.1, 0.15) is 36.7 Å². The van der Waals surface area contributed by atoms with Gasteiger partial charge in [0.2, 0.25) is 11.8 Å². The highest BCUT2D eigenvalue weighted by atomic mass is 16.5. The van der Waals surface area contributed by atoms with Gasteiger partial charge < -0.3 is 15.0 Å². The number of ether oxygens (including phenoxy) is 1. The number of methoxy groups -OCH3 is 1. The molecule has 2 amide bonds. The lowest BCUT2D eigenvalue weighted by Crippen LogP contribution is -2.46. The normalized spacial score (nSPS) is 11.8. The summed E-state index contributed by atoms with van der Waals surface area (Å²) in [5, 5.41) is 2.65. The summed E-state index contributed by atoms with van der Waals surface area (Å²) in [5.74, 6) is -0.865. The molecule has 1 unspecified atom stereocenters. The number of amides is 2. The van der Waals surface area contributed by atoms with Crippen molar-refractivity contribution in [2.45, 2.75) is 26.8 Å². The van der Waals surface area contributed by atoms with Gasteiger partial charge >= 0.3 is 5.97 Å². The monoisotopic (exact) mass is 332 g/mol. The van der Waals surface area contributed by atoms with Crippen LogP contribution in [0.15, 0.2) is 30.3 Å². The molecule has 0 aromatic heterocycles. The fraction of sp³-hybridized carbons (Fsp3) is 0.389. The van der Waals surface area contributed by atoms with Crippen molar-refractivity contribution in [1.82, 2.24) is 10.2 Å². The first-order valence-electron chi connectivity index (χ1n) is 7.88. The van der Waals surface area contributed by atoms with Crippen molar-refractivity contribution < 1.29 is 19.1 Å². The van der Waals surface area contributed by atoms with Crippen LogP contribution in [0.3, 0.4) is 0 Å². The van der Waals surface area contributed by atoms with Gasteiger partial charge in [-0.05, 0) is 44.5 Å². The molecule has 0 aliphatic carbocycles. The number of carbonyl (C=O) groups excluding carboxylic acids is 3. The van der Waals surface area contributed by atoms with E-state index >= 15 is 0 Å². The number of nitrogens with one attached hydrogen (secondary N) is 1. The zero-order valence-corrected chi connectivity index (χ0v) is 14.5. The second kappa shape index (κ2) is 9.50. The van der Waals surface area contributed by atoms with E-state index in [1.54, 1.807) is 42.2 Å². The summed E-state index contributed by atoms with van der Waals surface area (Å²) in [6, 6.07) is 6.08. The smallest absolute Gasteiger partial charge is 0.337 e. The predicted molar refractivity (Wildman–Crippen MR) is 92.3 cm³/mol. The molecule has 0 heterocycles. The Bertz CT molecular complexity index is 604. The van der Waals surface area contributed by atoms with Crippen LogP contribution in [0.5, 0.6) is 0 Å². The van der Waals surface area contributed by atoms with Gasteiger partial charge in [0.05, 0.1) is 12.7 Å². The first kappa shape index (κ1) is 19.4. The second-order valence-electron chi connectivity index (χ2n) is 5.19. The van der Waals surface area contributed by atoms with Gasteiger partial charge in [-0.25, -0.2) is 4.79 Å². The second-order valence-corrected chi connectivity index (χ2v) is 5.19. The van der Waals surface area contributed by atoms with Gasteiger partial charge in [0.1, 0.15) is 6.04 Å². The predicted octanol–water partition coefficient (Wildman–Crippen LogP) is 1.86. The van der Waals surface area contributed by atoms with Crippen molar-refractivity contribution in [1.29, 1.82) is 0 Å². The Kier molecular flexibility index (Phi) is 7.68. The Labute approximate surface area is 142 Å². The van der Waals surface area contributed by atoms with Gasteiger partial charge in [-0.3, -0.25) is 9.59 Å². The van der Waals surface area contributed by atoms with Crippen LogP contribution in [-0.4, -0.2) is 48.9 Å². The lowest BCUT2D eigenvalue weighted by molar-refractivity contribution is -0.134. The number of hydrogen-bond acceptors (Lipinski definition) is 4. The Morgan fingerprint density at radius 1 is 1.17 bits per heavy atom. The summed E-state index contributed by atoms with van der Waals surface area (Å²) < 4.78 is 4.62. The Hall–Kier alpha value is -2.63. The van der Waals surface area contributed by atoms with E-state index in [9.17, 15) is 14.4 Å². The van der Waals surface area contributed by atoms with Crippen LogP contribution in [0.2, 0.25) is 0 Å². The van der Waals surface area contributed by atoms with Crippen molar-refractivity contribution in [3.05, 3.63) is 41.5 Å². The SMILES string of the molecule is CCN(CC)C(=O)C(C)NC(=O)/C=C/c1ccc(C(=O)OC)cc1. The molecule has 0 spiro atoms. The van der Waals surface area contributed by atoms with E-state index in [2.05, 4.69) is 10.1 Å². The van der Waals surface area contributed by atoms with Crippen LogP contribution in [0.25, 0.3) is 6.08 Å². The molecule has 130 valence electrons. The topological polar surface area (TPSA) is 75.7 Å². The van der Waals surface area contributed by atoms with Crippen molar-refractivity contribution in [3.63, 3.8) is 0 Å². The highest BCUT2D eigenvalue weighted by molar-refractivity contribution is 5.95. The lowest BCUT2D eigenvalue weighted by atomic mass is 10.1. The maximum atomic E-state index is 12.1. The minimum atomic E-state index is -0.580. The Morgan fingerprint density at radius 3 is 2.25 bits per heavy atom. The maximum absolute atomic E-state index is 12.1. The van der Waals surface area contributed by atoms with E-state index in [-0.39, 0.29) is 11.8 Å². The third kappa shape index (κ3) is 5.53. The molecular formula is C18H24N2O4. The Balaban J connectivity index is 2.62. The quantitative estimate of drug-likeness (QED) is 0.611. The number of benzene rings is 1. The fourth-order valence-electron chi connectivity index (χ4n) is 2.15. The van der Waals surface area contributed by atoms with E-state index in [1.165, 1.54) is 13.2 Å². The van der Waals surface area contributed by atoms with Crippen LogP contribution < -0.4 is 5.32 Å². The molecule has 6 heteroatoms. The zero-order valence-electron chi connectivity index (χ0n) is 14.5. The number of hydrogen-bond donors (Lipinski definition) is 1. The molecular weight excluding hydrogens is 308 g/mol. The summed E-state index contributed by atoms with van der Waals surface area (Å²) in [6.45, 7) is 6.68. The van der Waals surface area contributed by atoms with Crippen LogP contribution >= 0.6 is 0 Å². The van der Waals surface area contributed by atoms with Crippen molar-refractivity contribution in [2.75, 3.05) is 20.2 Å². The first-order valence-corrected chi connectivity index (χ1v) is 7.88. The summed E-state index contributed by atoms with van der Waals surface area (Å²) in [4.78, 5) is 37.0. The molecule has 0 aliphatic rings. The molecule has 0 saturated carbocycles. The van der Waals surface area contributed by atoms with Crippen molar-refractivity contribution >= 4 is 23.9 Å². The summed E-state index contributed by atoms with van der Waals surface area (Å²) in [6.07, 6.45) is 2.98. The van der Waals surface area contributed by atoms with Gasteiger partial charge in [0.25, 0.3) is 0 Å². The minimum absolute atomic E-state index is 0.107. The van der Waals surface area contributed by atoms with Crippen molar-refractivity contribution in [3.8, 4) is 0 Å². The van der Waals surface area contributed by atoms with E-state index in [0.29, 0.717) is 18.7 Å². The molecule has 0 radical (unpaired) electrons. The van der Waals surface area contributed by atoms with Crippen LogP contribution in [0, 0.1) is 0 Å². The van der Waals surface area contributed by atoms with Gasteiger partial charge in [0, 0.05) is 19.2 Å². The highest BCUT2D eigenvalue weighted by Gasteiger charge is 2.18. The third-order valence-electron chi connectivity index (χ3n) is 3.56. The molecule has 1 rings (SSSR count). The van der Waals surface area contributed by atoms with E-state index in [0.717, 1.165) is 5.56 Å². The highest BCUT2D eigenvalue weighted by Crippen LogP contribution is 2.07. The Morgan fingerprint density at radius 2 is 1.75 bits per heavy atom. The molecule has 1 N–H and O–H groups in total. The molecule has 1 aromatic carbocycles. The zero-order chi connectivity index (χ0) is 18.1. The molecule has 24 heavy (non-hydrogen) atoms. The molecule has 6 nitrogen and oxygen atoms in total. The number of likely N-dealkylation sites (N-methyl/N-ethyl adjacent to an activating group) is 1. The first-order chi connectivity index (χ1) is 11.4.